The van der Waals surface area contributed by atoms with Crippen LogP contribution in [0.3, 0.4) is 0 Å². The molecule has 0 amide bonds. The molecule has 8 nitrogen and oxygen atoms in total. The van der Waals surface area contributed by atoms with Gasteiger partial charge in [0.2, 0.25) is 11.2 Å². The lowest BCUT2D eigenvalue weighted by Gasteiger charge is -2.26. The van der Waals surface area contributed by atoms with E-state index in [1.165, 1.54) is 0 Å². The molecule has 0 spiro atoms. The molecule has 1 saturated heterocycles. The third-order valence-electron chi connectivity index (χ3n) is 3.46. The minimum absolute atomic E-state index is 0.145. The first kappa shape index (κ1) is 16.5. The molecule has 24 heavy (non-hydrogen) atoms. The van der Waals surface area contributed by atoms with E-state index in [4.69, 9.17) is 16.3 Å². The Balaban J connectivity index is 0.000000815. The quantitative estimate of drug-likeness (QED) is 0.711. The molecule has 1 N–H and O–H groups in total. The van der Waals surface area contributed by atoms with Crippen LogP contribution in [0.1, 0.15) is 13.8 Å². The van der Waals surface area contributed by atoms with Crippen LogP contribution in [-0.4, -0.2) is 56.2 Å². The first-order valence-electron chi connectivity index (χ1n) is 7.83. The summed E-state index contributed by atoms with van der Waals surface area (Å²) >= 11 is 5.94. The number of nitrogens with one attached hydrogen (secondary N) is 1. The van der Waals surface area contributed by atoms with Crippen LogP contribution in [0.15, 0.2) is 18.7 Å². The molecule has 1 fully saturated rings. The van der Waals surface area contributed by atoms with Crippen LogP contribution in [0.25, 0.3) is 22.4 Å². The number of hydrogen-bond acceptors (Lipinski definition) is 7. The molecule has 4 rings (SSSR count). The lowest BCUT2D eigenvalue weighted by Crippen LogP contribution is -2.37. The molecule has 3 aromatic heterocycles. The fraction of sp³-hybridized carbons (Fsp3) is 0.400. The molecule has 3 aromatic rings. The van der Waals surface area contributed by atoms with Gasteiger partial charge in [0.25, 0.3) is 0 Å². The number of fused-ring (bicyclic) bond motifs is 1. The monoisotopic (exact) mass is 347 g/mol. The van der Waals surface area contributed by atoms with Crippen molar-refractivity contribution in [3.05, 3.63) is 24.0 Å². The number of halogens is 1. The molecule has 126 valence electrons. The lowest BCUT2D eigenvalue weighted by atomic mass is 10.2. The van der Waals surface area contributed by atoms with Crippen molar-refractivity contribution in [2.75, 3.05) is 31.2 Å². The number of H-pyrrole nitrogens is 1. The van der Waals surface area contributed by atoms with Crippen molar-refractivity contribution < 1.29 is 4.74 Å². The highest BCUT2D eigenvalue weighted by Gasteiger charge is 2.15. The minimum atomic E-state index is 0.145. The van der Waals surface area contributed by atoms with Gasteiger partial charge in [-0.05, 0) is 11.6 Å². The van der Waals surface area contributed by atoms with E-state index in [2.05, 4.69) is 34.8 Å². The van der Waals surface area contributed by atoms with Crippen molar-refractivity contribution in [2.24, 2.45) is 0 Å². The summed E-state index contributed by atoms with van der Waals surface area (Å²) in [6.07, 6.45) is 5.02. The number of aromatic nitrogens is 6. The molecule has 0 aromatic carbocycles. The van der Waals surface area contributed by atoms with E-state index in [1.54, 1.807) is 18.7 Å². The summed E-state index contributed by atoms with van der Waals surface area (Å²) in [4.78, 5) is 26.4. The number of aromatic amines is 1. The Hall–Kier alpha value is -2.32. The van der Waals surface area contributed by atoms with Crippen molar-refractivity contribution in [1.29, 1.82) is 0 Å². The number of morpholine rings is 1. The summed E-state index contributed by atoms with van der Waals surface area (Å²) in [6, 6.07) is 0. The maximum Gasteiger partial charge on any atom is 0.225 e. The number of anilines is 1. The molecule has 4 heterocycles. The summed E-state index contributed by atoms with van der Waals surface area (Å²) in [7, 11) is 0. The molecule has 1 aliphatic rings. The van der Waals surface area contributed by atoms with Gasteiger partial charge in [0, 0.05) is 31.0 Å². The average molecular weight is 348 g/mol. The molecule has 1 aliphatic heterocycles. The lowest BCUT2D eigenvalue weighted by molar-refractivity contribution is 0.122. The summed E-state index contributed by atoms with van der Waals surface area (Å²) in [6.45, 7) is 6.98. The number of nitrogens with zero attached hydrogens (tertiary/aromatic N) is 6. The number of ether oxygens (including phenoxy) is 1. The topological polar surface area (TPSA) is 92.7 Å². The molecule has 9 heteroatoms. The maximum absolute atomic E-state index is 5.94. The van der Waals surface area contributed by atoms with Crippen LogP contribution < -0.4 is 4.90 Å². The molecule has 0 aliphatic carbocycles. The predicted molar refractivity (Wildman–Crippen MR) is 92.1 cm³/mol. The standard InChI is InChI=1S/C13H12ClN7O.C2H6/c14-12-19-9(10-11(20-12)18-7-17-10)8-5-15-13(16-6-8)21-1-3-22-4-2-21;1-2/h5-7H,1-4H2,(H,17,18,19,20);1-2H3. The second kappa shape index (κ2) is 7.50. The second-order valence-corrected chi connectivity index (χ2v) is 5.15. The maximum atomic E-state index is 5.94. The molecule has 0 atom stereocenters. The van der Waals surface area contributed by atoms with Gasteiger partial charge < -0.3 is 14.6 Å². The van der Waals surface area contributed by atoms with E-state index >= 15 is 0 Å². The zero-order chi connectivity index (χ0) is 16.9. The van der Waals surface area contributed by atoms with E-state index in [9.17, 15) is 0 Å². The Morgan fingerprint density at radius 3 is 2.50 bits per heavy atom. The Morgan fingerprint density at radius 2 is 1.79 bits per heavy atom. The highest BCUT2D eigenvalue weighted by Crippen LogP contribution is 2.24. The van der Waals surface area contributed by atoms with Crippen molar-refractivity contribution in [2.45, 2.75) is 13.8 Å². The van der Waals surface area contributed by atoms with Crippen LogP contribution in [0.5, 0.6) is 0 Å². The van der Waals surface area contributed by atoms with E-state index in [-0.39, 0.29) is 5.28 Å². The predicted octanol–water partition coefficient (Wildman–Crippen LogP) is 2.33. The van der Waals surface area contributed by atoms with Gasteiger partial charge in [-0.15, -0.1) is 0 Å². The van der Waals surface area contributed by atoms with Crippen molar-refractivity contribution >= 4 is 28.7 Å². The molecular formula is C15H18ClN7O. The summed E-state index contributed by atoms with van der Waals surface area (Å²) in [5.74, 6) is 0.688. The molecular weight excluding hydrogens is 330 g/mol. The number of rotatable bonds is 2. The summed E-state index contributed by atoms with van der Waals surface area (Å²) in [5, 5.41) is 0.145. The fourth-order valence-corrected chi connectivity index (χ4v) is 2.55. The van der Waals surface area contributed by atoms with E-state index in [1.807, 2.05) is 13.8 Å². The van der Waals surface area contributed by atoms with E-state index < -0.39 is 0 Å². The smallest absolute Gasteiger partial charge is 0.225 e. The highest BCUT2D eigenvalue weighted by molar-refractivity contribution is 6.28. The fourth-order valence-electron chi connectivity index (χ4n) is 2.39. The van der Waals surface area contributed by atoms with Gasteiger partial charge in [0.05, 0.1) is 19.5 Å². The van der Waals surface area contributed by atoms with Gasteiger partial charge in [-0.25, -0.2) is 19.9 Å². The zero-order valence-electron chi connectivity index (χ0n) is 13.5. The Kier molecular flexibility index (Phi) is 5.17. The highest BCUT2D eigenvalue weighted by atomic mass is 35.5. The average Bonchev–Trinajstić information content (AvgIpc) is 3.12. The van der Waals surface area contributed by atoms with Crippen LogP contribution in [0.2, 0.25) is 5.28 Å². The van der Waals surface area contributed by atoms with Crippen LogP contribution in [0.4, 0.5) is 5.95 Å². The Morgan fingerprint density at radius 1 is 1.08 bits per heavy atom. The third kappa shape index (κ3) is 3.29. The molecule has 0 bridgehead atoms. The molecule has 0 unspecified atom stereocenters. The SMILES string of the molecule is CC.Clc1nc(-c2cnc(N3CCOCC3)nc2)c2[nH]cnc2n1. The van der Waals surface area contributed by atoms with Gasteiger partial charge in [0.15, 0.2) is 5.65 Å². The zero-order valence-corrected chi connectivity index (χ0v) is 14.3. The first-order chi connectivity index (χ1) is 11.8. The van der Waals surface area contributed by atoms with Crippen molar-refractivity contribution in [1.82, 2.24) is 29.9 Å². The molecule has 0 saturated carbocycles. The first-order valence-corrected chi connectivity index (χ1v) is 8.21. The van der Waals surface area contributed by atoms with Gasteiger partial charge in [-0.3, -0.25) is 0 Å². The Bertz CT molecular complexity index is 799. The van der Waals surface area contributed by atoms with Crippen molar-refractivity contribution in [3.8, 4) is 11.3 Å². The largest absolute Gasteiger partial charge is 0.378 e. The Labute approximate surface area is 144 Å². The molecule has 0 radical (unpaired) electrons. The van der Waals surface area contributed by atoms with Crippen LogP contribution >= 0.6 is 11.6 Å². The minimum Gasteiger partial charge on any atom is -0.378 e. The van der Waals surface area contributed by atoms with Gasteiger partial charge in [-0.1, -0.05) is 13.8 Å². The summed E-state index contributed by atoms with van der Waals surface area (Å²) in [5.41, 5.74) is 2.64. The number of imidazole rings is 1. The normalized spacial score (nSPS) is 14.4. The number of hydrogen-bond donors (Lipinski definition) is 1. The summed E-state index contributed by atoms with van der Waals surface area (Å²) < 4.78 is 5.33. The third-order valence-corrected chi connectivity index (χ3v) is 3.63. The second-order valence-electron chi connectivity index (χ2n) is 4.81. The van der Waals surface area contributed by atoms with Gasteiger partial charge in [0.1, 0.15) is 11.2 Å². The van der Waals surface area contributed by atoms with Crippen LogP contribution in [0, 0.1) is 0 Å². The van der Waals surface area contributed by atoms with Crippen LogP contribution in [-0.2, 0) is 4.74 Å². The van der Waals surface area contributed by atoms with Gasteiger partial charge in [-0.2, -0.15) is 4.98 Å². The van der Waals surface area contributed by atoms with E-state index in [0.29, 0.717) is 36.0 Å². The van der Waals surface area contributed by atoms with Crippen molar-refractivity contribution in [3.63, 3.8) is 0 Å². The van der Waals surface area contributed by atoms with E-state index in [0.717, 1.165) is 18.7 Å². The van der Waals surface area contributed by atoms with Gasteiger partial charge >= 0.3 is 0 Å².